The number of halogens is 1. The third kappa shape index (κ3) is 3.50. The van der Waals surface area contributed by atoms with E-state index in [1.807, 2.05) is 55.5 Å². The molecule has 0 saturated heterocycles. The van der Waals surface area contributed by atoms with Crippen molar-refractivity contribution in [3.63, 3.8) is 0 Å². The summed E-state index contributed by atoms with van der Waals surface area (Å²) < 4.78 is 8.57. The van der Waals surface area contributed by atoms with Crippen molar-refractivity contribution in [2.75, 3.05) is 0 Å². The van der Waals surface area contributed by atoms with Crippen LogP contribution in [0.4, 0.5) is 0 Å². The van der Waals surface area contributed by atoms with Gasteiger partial charge in [0.1, 0.15) is 28.2 Å². The molecule has 33 heavy (non-hydrogen) atoms. The van der Waals surface area contributed by atoms with Crippen LogP contribution >= 0.6 is 22.9 Å². The Labute approximate surface area is 198 Å². The molecule has 0 unspecified atom stereocenters. The summed E-state index contributed by atoms with van der Waals surface area (Å²) in [4.78, 5) is 15.2. The molecule has 0 fully saturated rings. The van der Waals surface area contributed by atoms with E-state index >= 15 is 0 Å². The minimum atomic E-state index is 0.431. The Bertz CT molecular complexity index is 1660. The van der Waals surface area contributed by atoms with Gasteiger partial charge in [0.15, 0.2) is 11.5 Å². The van der Waals surface area contributed by atoms with Crippen molar-refractivity contribution in [3.05, 3.63) is 82.8 Å². The summed E-state index contributed by atoms with van der Waals surface area (Å²) in [7, 11) is 0. The van der Waals surface area contributed by atoms with E-state index in [1.54, 1.807) is 22.2 Å². The van der Waals surface area contributed by atoms with E-state index in [0.29, 0.717) is 23.2 Å². The Morgan fingerprint density at radius 1 is 1.03 bits per heavy atom. The molecule has 0 radical (unpaired) electrons. The molecule has 4 aromatic heterocycles. The minimum Gasteiger partial charge on any atom is -0.487 e. The van der Waals surface area contributed by atoms with E-state index in [2.05, 4.69) is 23.1 Å². The molecule has 2 aromatic carbocycles. The first-order chi connectivity index (χ1) is 16.1. The lowest BCUT2D eigenvalue weighted by molar-refractivity contribution is 0.306. The molecule has 0 aliphatic carbocycles. The fourth-order valence-electron chi connectivity index (χ4n) is 3.96. The van der Waals surface area contributed by atoms with Crippen molar-refractivity contribution in [1.82, 2.24) is 24.6 Å². The van der Waals surface area contributed by atoms with Gasteiger partial charge in [-0.2, -0.15) is 0 Å². The van der Waals surface area contributed by atoms with Gasteiger partial charge in [-0.25, -0.2) is 19.5 Å². The van der Waals surface area contributed by atoms with Gasteiger partial charge in [0.25, 0.3) is 0 Å². The van der Waals surface area contributed by atoms with Crippen LogP contribution in [0.2, 0.25) is 5.02 Å². The number of hydrogen-bond acceptors (Lipinski definition) is 6. The zero-order valence-corrected chi connectivity index (χ0v) is 19.5. The average Bonchev–Trinajstić information content (AvgIpc) is 3.40. The molecule has 0 N–H and O–H groups in total. The Morgan fingerprint density at radius 3 is 2.67 bits per heavy atom. The van der Waals surface area contributed by atoms with Crippen LogP contribution < -0.4 is 4.74 Å². The van der Waals surface area contributed by atoms with E-state index < -0.39 is 0 Å². The lowest BCUT2D eigenvalue weighted by atomic mass is 10.1. The molecular weight excluding hydrogens is 454 g/mol. The highest BCUT2D eigenvalue weighted by molar-refractivity contribution is 7.26. The molecule has 0 aliphatic rings. The van der Waals surface area contributed by atoms with Crippen LogP contribution in [0.5, 0.6) is 5.75 Å². The molecular formula is C25H18ClN5OS. The zero-order chi connectivity index (χ0) is 22.5. The minimum absolute atomic E-state index is 0.431. The van der Waals surface area contributed by atoms with Gasteiger partial charge in [-0.15, -0.1) is 16.4 Å². The van der Waals surface area contributed by atoms with Gasteiger partial charge in [-0.3, -0.25) is 0 Å². The first-order valence-electron chi connectivity index (χ1n) is 10.5. The van der Waals surface area contributed by atoms with Crippen LogP contribution in [0.3, 0.4) is 0 Å². The third-order valence-corrected chi connectivity index (χ3v) is 6.92. The van der Waals surface area contributed by atoms with E-state index in [0.717, 1.165) is 42.9 Å². The molecule has 0 aliphatic heterocycles. The number of pyridine rings is 1. The Balaban J connectivity index is 1.34. The van der Waals surface area contributed by atoms with Crippen molar-refractivity contribution in [2.45, 2.75) is 20.5 Å². The fourth-order valence-corrected chi connectivity index (χ4v) is 5.38. The maximum atomic E-state index is 6.17. The topological polar surface area (TPSA) is 65.2 Å². The van der Waals surface area contributed by atoms with E-state index in [4.69, 9.17) is 26.3 Å². The van der Waals surface area contributed by atoms with Crippen LogP contribution in [0.15, 0.2) is 60.9 Å². The molecule has 0 spiro atoms. The lowest BCUT2D eigenvalue weighted by Crippen LogP contribution is -1.96. The number of ether oxygens (including phenoxy) is 1. The molecule has 4 heterocycles. The maximum absolute atomic E-state index is 6.17. The molecule has 0 saturated carbocycles. The number of aromatic nitrogens is 5. The summed E-state index contributed by atoms with van der Waals surface area (Å²) >= 11 is 7.78. The van der Waals surface area contributed by atoms with Crippen molar-refractivity contribution < 1.29 is 4.74 Å². The van der Waals surface area contributed by atoms with Crippen LogP contribution in [0, 0.1) is 13.8 Å². The summed E-state index contributed by atoms with van der Waals surface area (Å²) in [6, 6.07) is 17.6. The molecule has 8 heteroatoms. The molecule has 162 valence electrons. The number of fused-ring (bicyclic) bond motifs is 5. The first kappa shape index (κ1) is 20.1. The van der Waals surface area contributed by atoms with Crippen LogP contribution in [-0.4, -0.2) is 24.6 Å². The SMILES string of the molecule is Cc1cc(C)c2c(n1)sc1c2ncn2nc(-c3ccc(COc4ccccc4Cl)cc3)nc12. The maximum Gasteiger partial charge on any atom is 0.182 e. The second-order valence-corrected chi connectivity index (χ2v) is 9.31. The van der Waals surface area contributed by atoms with Gasteiger partial charge < -0.3 is 4.74 Å². The second-order valence-electron chi connectivity index (χ2n) is 7.90. The average molecular weight is 472 g/mol. The van der Waals surface area contributed by atoms with Gasteiger partial charge >= 0.3 is 0 Å². The van der Waals surface area contributed by atoms with Crippen molar-refractivity contribution in [1.29, 1.82) is 0 Å². The van der Waals surface area contributed by atoms with Gasteiger partial charge in [0.2, 0.25) is 0 Å². The third-order valence-electron chi connectivity index (χ3n) is 5.54. The Morgan fingerprint density at radius 2 is 1.85 bits per heavy atom. The van der Waals surface area contributed by atoms with Gasteiger partial charge in [0, 0.05) is 16.6 Å². The molecule has 0 amide bonds. The quantitative estimate of drug-likeness (QED) is 0.297. The highest BCUT2D eigenvalue weighted by Crippen LogP contribution is 2.36. The predicted octanol–water partition coefficient (Wildman–Crippen LogP) is 6.40. The number of thiophene rings is 1. The van der Waals surface area contributed by atoms with Crippen LogP contribution in [0.1, 0.15) is 16.8 Å². The van der Waals surface area contributed by atoms with Gasteiger partial charge in [-0.1, -0.05) is 48.0 Å². The highest BCUT2D eigenvalue weighted by atomic mass is 35.5. The van der Waals surface area contributed by atoms with Crippen LogP contribution in [-0.2, 0) is 6.61 Å². The second kappa shape index (κ2) is 7.79. The van der Waals surface area contributed by atoms with Gasteiger partial charge in [0.05, 0.1) is 10.5 Å². The summed E-state index contributed by atoms with van der Waals surface area (Å²) in [5, 5.41) is 6.35. The normalized spacial score (nSPS) is 11.6. The van der Waals surface area contributed by atoms with Crippen molar-refractivity contribution in [2.24, 2.45) is 0 Å². The fraction of sp³-hybridized carbons (Fsp3) is 0.120. The van der Waals surface area contributed by atoms with Crippen molar-refractivity contribution >= 4 is 49.0 Å². The van der Waals surface area contributed by atoms with E-state index in [-0.39, 0.29) is 0 Å². The summed E-state index contributed by atoms with van der Waals surface area (Å²) in [6.07, 6.45) is 1.73. The number of aryl methyl sites for hydroxylation is 2. The standard InChI is InChI=1S/C25H18ClN5OS/c1-14-11-15(2)28-25-20(14)21-22(33-25)24-29-23(30-31(24)13-27-21)17-9-7-16(8-10-17)12-32-19-6-4-3-5-18(19)26/h3-11,13H,12H2,1-2H3. The summed E-state index contributed by atoms with van der Waals surface area (Å²) in [5.74, 6) is 1.33. The Kier molecular flexibility index (Phi) is 4.74. The monoisotopic (exact) mass is 471 g/mol. The predicted molar refractivity (Wildman–Crippen MR) is 132 cm³/mol. The molecule has 6 rings (SSSR count). The van der Waals surface area contributed by atoms with Crippen LogP contribution in [0.25, 0.3) is 37.5 Å². The van der Waals surface area contributed by atoms with Gasteiger partial charge in [-0.05, 0) is 43.2 Å². The molecule has 6 aromatic rings. The van der Waals surface area contributed by atoms with Crippen molar-refractivity contribution in [3.8, 4) is 17.1 Å². The Hall–Kier alpha value is -3.55. The lowest BCUT2D eigenvalue weighted by Gasteiger charge is -2.08. The molecule has 6 nitrogen and oxygen atoms in total. The number of rotatable bonds is 4. The largest absolute Gasteiger partial charge is 0.487 e. The zero-order valence-electron chi connectivity index (χ0n) is 17.9. The summed E-state index contributed by atoms with van der Waals surface area (Å²) in [6.45, 7) is 4.54. The molecule has 0 bridgehead atoms. The molecule has 0 atom stereocenters. The number of nitrogens with zero attached hydrogens (tertiary/aromatic N) is 5. The van der Waals surface area contributed by atoms with E-state index in [9.17, 15) is 0 Å². The first-order valence-corrected chi connectivity index (χ1v) is 11.6. The smallest absolute Gasteiger partial charge is 0.182 e. The number of benzene rings is 2. The summed E-state index contributed by atoms with van der Waals surface area (Å²) in [5.41, 5.74) is 5.87. The van der Waals surface area contributed by atoms with E-state index in [1.165, 1.54) is 5.56 Å². The number of para-hydroxylation sites is 1. The number of hydrogen-bond donors (Lipinski definition) is 0. The highest BCUT2D eigenvalue weighted by Gasteiger charge is 2.17.